The third-order valence-electron chi connectivity index (χ3n) is 11.8. The second-order valence-electron chi connectivity index (χ2n) is 13.0. The Balaban J connectivity index is 1.51. The smallest absolute Gasteiger partial charge is 0.306 e. The number of ether oxygens (including phenoxy) is 1. The summed E-state index contributed by atoms with van der Waals surface area (Å²) in [6.07, 6.45) is 8.23. The van der Waals surface area contributed by atoms with Crippen molar-refractivity contribution in [1.82, 2.24) is 0 Å². The molecule has 0 radical (unpaired) electrons. The van der Waals surface area contributed by atoms with Crippen LogP contribution in [0.15, 0.2) is 0 Å². The van der Waals surface area contributed by atoms with Crippen molar-refractivity contribution in [2.24, 2.45) is 45.3 Å². The highest BCUT2D eigenvalue weighted by molar-refractivity contribution is 5.71. The van der Waals surface area contributed by atoms with Crippen LogP contribution in [0.4, 0.5) is 0 Å². The third kappa shape index (κ3) is 2.50. The first-order chi connectivity index (χ1) is 13.9. The van der Waals surface area contributed by atoms with Crippen molar-refractivity contribution >= 4 is 5.97 Å². The van der Waals surface area contributed by atoms with E-state index >= 15 is 0 Å². The highest BCUT2D eigenvalue weighted by atomic mass is 16.5. The van der Waals surface area contributed by atoms with Crippen LogP contribution in [0, 0.1) is 45.3 Å². The van der Waals surface area contributed by atoms with E-state index in [1.807, 2.05) is 0 Å². The highest BCUT2D eigenvalue weighted by Gasteiger charge is 2.70. The van der Waals surface area contributed by atoms with Gasteiger partial charge < -0.3 is 14.9 Å². The van der Waals surface area contributed by atoms with Gasteiger partial charge in [0.05, 0.1) is 12.2 Å². The van der Waals surface area contributed by atoms with Crippen LogP contribution in [0.3, 0.4) is 0 Å². The van der Waals surface area contributed by atoms with Gasteiger partial charge in [-0.05, 0) is 90.8 Å². The van der Waals surface area contributed by atoms with E-state index in [-0.39, 0.29) is 51.9 Å². The lowest BCUT2D eigenvalue weighted by atomic mass is 9.35. The molecule has 0 spiro atoms. The number of fused-ring (bicyclic) bond motifs is 5. The first kappa shape index (κ1) is 21.2. The van der Waals surface area contributed by atoms with Crippen LogP contribution < -0.4 is 0 Å². The van der Waals surface area contributed by atoms with Gasteiger partial charge in [-0.25, -0.2) is 0 Å². The van der Waals surface area contributed by atoms with Crippen LogP contribution in [0.1, 0.15) is 92.4 Å². The van der Waals surface area contributed by atoms with Crippen LogP contribution in [0.25, 0.3) is 0 Å². The molecule has 0 amide bonds. The summed E-state index contributed by atoms with van der Waals surface area (Å²) in [5, 5.41) is 22.4. The van der Waals surface area contributed by atoms with Crippen molar-refractivity contribution in [3.05, 3.63) is 0 Å². The van der Waals surface area contributed by atoms with E-state index in [4.69, 9.17) is 4.74 Å². The van der Waals surface area contributed by atoms with Crippen LogP contribution in [0.2, 0.25) is 0 Å². The van der Waals surface area contributed by atoms with Crippen molar-refractivity contribution in [3.63, 3.8) is 0 Å². The average Bonchev–Trinajstić information content (AvgIpc) is 3.25. The predicted octanol–water partition coefficient (Wildman–Crippen LogP) is 4.71. The van der Waals surface area contributed by atoms with Gasteiger partial charge in [-0.1, -0.05) is 34.6 Å². The quantitative estimate of drug-likeness (QED) is 0.605. The molecule has 0 aromatic carbocycles. The zero-order valence-electron chi connectivity index (χ0n) is 19.6. The van der Waals surface area contributed by atoms with Gasteiger partial charge in [0.2, 0.25) is 0 Å². The Morgan fingerprint density at radius 1 is 0.867 bits per heavy atom. The van der Waals surface area contributed by atoms with E-state index in [2.05, 4.69) is 34.6 Å². The number of hydrogen-bond acceptors (Lipinski definition) is 4. The van der Waals surface area contributed by atoms with Crippen LogP contribution in [0.5, 0.6) is 0 Å². The summed E-state index contributed by atoms with van der Waals surface area (Å²) in [7, 11) is 0. The van der Waals surface area contributed by atoms with Crippen LogP contribution in [-0.4, -0.2) is 34.5 Å². The maximum atomic E-state index is 11.8. The fourth-order valence-corrected chi connectivity index (χ4v) is 10.1. The second-order valence-corrected chi connectivity index (χ2v) is 13.0. The number of rotatable bonds is 1. The van der Waals surface area contributed by atoms with Gasteiger partial charge in [0.15, 0.2) is 0 Å². The molecule has 4 heteroatoms. The Morgan fingerprint density at radius 2 is 1.57 bits per heavy atom. The molecule has 0 bridgehead atoms. The SMILES string of the molecule is CC1(C)[C@@H](O)CC[C@]2(C)[C@H]3C[C@@H](O)[C@@H]4[C@@H](C5CCC(=O)O5)CC[C@@]4(C)[C@]3(C)CC[C@@H]12. The molecular weight excluding hydrogens is 376 g/mol. The summed E-state index contributed by atoms with van der Waals surface area (Å²) >= 11 is 0. The molecule has 10 atom stereocenters. The summed E-state index contributed by atoms with van der Waals surface area (Å²) in [6, 6.07) is 0. The first-order valence-corrected chi connectivity index (χ1v) is 12.5. The van der Waals surface area contributed by atoms with Gasteiger partial charge in [0.1, 0.15) is 6.10 Å². The molecule has 1 heterocycles. The van der Waals surface area contributed by atoms with Gasteiger partial charge in [-0.2, -0.15) is 0 Å². The Morgan fingerprint density at radius 3 is 2.23 bits per heavy atom. The molecular formula is C26H42O4. The lowest BCUT2D eigenvalue weighted by molar-refractivity contribution is -0.243. The molecule has 0 aromatic heterocycles. The van der Waals surface area contributed by atoms with E-state index in [0.29, 0.717) is 24.2 Å². The Hall–Kier alpha value is -0.610. The lowest BCUT2D eigenvalue weighted by Crippen LogP contribution is -2.66. The Labute approximate surface area is 182 Å². The maximum absolute atomic E-state index is 11.8. The van der Waals surface area contributed by atoms with Crippen LogP contribution >= 0.6 is 0 Å². The summed E-state index contributed by atoms with van der Waals surface area (Å²) in [4.78, 5) is 11.8. The van der Waals surface area contributed by atoms with Gasteiger partial charge in [0, 0.05) is 12.3 Å². The van der Waals surface area contributed by atoms with E-state index in [9.17, 15) is 15.0 Å². The number of esters is 1. The number of hydrogen-bond donors (Lipinski definition) is 2. The van der Waals surface area contributed by atoms with Crippen molar-refractivity contribution < 1.29 is 19.7 Å². The molecule has 1 aliphatic heterocycles. The molecule has 30 heavy (non-hydrogen) atoms. The summed E-state index contributed by atoms with van der Waals surface area (Å²) in [5.74, 6) is 1.48. The molecule has 4 saturated carbocycles. The Bertz CT molecular complexity index is 733. The van der Waals surface area contributed by atoms with Crippen molar-refractivity contribution in [2.75, 3.05) is 0 Å². The molecule has 1 saturated heterocycles. The minimum Gasteiger partial charge on any atom is -0.462 e. The van der Waals surface area contributed by atoms with Gasteiger partial charge in [0.25, 0.3) is 0 Å². The minimum absolute atomic E-state index is 0.00908. The highest BCUT2D eigenvalue weighted by Crippen LogP contribution is 2.75. The van der Waals surface area contributed by atoms with E-state index < -0.39 is 0 Å². The normalized spacial score (nSPS) is 57.3. The van der Waals surface area contributed by atoms with Gasteiger partial charge in [-0.15, -0.1) is 0 Å². The lowest BCUT2D eigenvalue weighted by Gasteiger charge is -2.70. The number of carbonyl (C=O) groups excluding carboxylic acids is 1. The summed E-state index contributed by atoms with van der Waals surface area (Å²) in [6.45, 7) is 12.0. The third-order valence-corrected chi connectivity index (χ3v) is 11.8. The van der Waals surface area contributed by atoms with Crippen molar-refractivity contribution in [3.8, 4) is 0 Å². The van der Waals surface area contributed by atoms with Crippen molar-refractivity contribution in [2.45, 2.75) is 111 Å². The number of aliphatic hydroxyl groups is 2. The number of cyclic esters (lactones) is 1. The fraction of sp³-hybridized carbons (Fsp3) is 0.962. The Kier molecular flexibility index (Phi) is 4.58. The van der Waals surface area contributed by atoms with Gasteiger partial charge in [-0.3, -0.25) is 4.79 Å². The number of carbonyl (C=O) groups is 1. The molecule has 5 rings (SSSR count). The molecule has 4 nitrogen and oxygen atoms in total. The second kappa shape index (κ2) is 6.47. The predicted molar refractivity (Wildman–Crippen MR) is 116 cm³/mol. The number of aliphatic hydroxyl groups excluding tert-OH is 2. The summed E-state index contributed by atoms with van der Waals surface area (Å²) in [5.41, 5.74) is 0.386. The first-order valence-electron chi connectivity index (χ1n) is 12.5. The maximum Gasteiger partial charge on any atom is 0.306 e. The van der Waals surface area contributed by atoms with E-state index in [0.717, 1.165) is 38.5 Å². The van der Waals surface area contributed by atoms with E-state index in [1.54, 1.807) is 0 Å². The monoisotopic (exact) mass is 418 g/mol. The minimum atomic E-state index is -0.314. The summed E-state index contributed by atoms with van der Waals surface area (Å²) < 4.78 is 5.72. The van der Waals surface area contributed by atoms with E-state index in [1.165, 1.54) is 12.8 Å². The topological polar surface area (TPSA) is 66.8 Å². The molecule has 170 valence electrons. The molecule has 5 aliphatic rings. The standard InChI is InChI=1S/C26H42O4/c1-23(2)18-9-13-25(4)19(24(18,3)11-10-20(23)28)14-16(27)22-15(8-12-26(22,25)5)17-6-7-21(29)30-17/h15-20,22,27-28H,6-14H2,1-5H3/t15-,16-,17?,18+,19-,20+,22+,24+,25-,26-/m1/s1. The molecule has 1 unspecified atom stereocenters. The largest absolute Gasteiger partial charge is 0.462 e. The zero-order chi connectivity index (χ0) is 21.7. The fourth-order valence-electron chi connectivity index (χ4n) is 10.1. The molecule has 5 fully saturated rings. The zero-order valence-corrected chi connectivity index (χ0v) is 19.6. The molecule has 0 aromatic rings. The molecule has 4 aliphatic carbocycles. The average molecular weight is 419 g/mol. The molecule has 2 N–H and O–H groups in total. The van der Waals surface area contributed by atoms with Crippen LogP contribution in [-0.2, 0) is 9.53 Å². The van der Waals surface area contributed by atoms with Crippen molar-refractivity contribution in [1.29, 1.82) is 0 Å². The van der Waals surface area contributed by atoms with Gasteiger partial charge >= 0.3 is 5.97 Å².